The second-order valence-electron chi connectivity index (χ2n) is 7.89. The summed E-state index contributed by atoms with van der Waals surface area (Å²) in [5.41, 5.74) is 2.60. The number of benzene rings is 1. The van der Waals surface area contributed by atoms with Crippen molar-refractivity contribution >= 4 is 11.8 Å². The van der Waals surface area contributed by atoms with E-state index >= 15 is 0 Å². The first-order chi connectivity index (χ1) is 13.8. The molecule has 0 saturated heterocycles. The zero-order valence-corrected chi connectivity index (χ0v) is 16.9. The number of Topliss-reactive ketones (excluding diaryl/α,β-unsaturated/α-hetero) is 1. The zero-order chi connectivity index (χ0) is 20.8. The third kappa shape index (κ3) is 3.14. The van der Waals surface area contributed by atoms with Gasteiger partial charge in [-0.2, -0.15) is 5.10 Å². The van der Waals surface area contributed by atoms with Gasteiger partial charge in [-0.3, -0.25) is 4.79 Å². The first-order valence-electron chi connectivity index (χ1n) is 9.60. The minimum absolute atomic E-state index is 0.0617. The number of nitrogens with zero attached hydrogens (tertiary/aromatic N) is 5. The third-order valence-corrected chi connectivity index (χ3v) is 5.25. The van der Waals surface area contributed by atoms with Crippen molar-refractivity contribution in [2.24, 2.45) is 5.41 Å². The molecule has 0 spiro atoms. The summed E-state index contributed by atoms with van der Waals surface area (Å²) < 4.78 is 8.49. The number of ketones is 1. The molecule has 0 bridgehead atoms. The Hall–Kier alpha value is -3.29. The average molecular weight is 393 g/mol. The van der Waals surface area contributed by atoms with Gasteiger partial charge in [0, 0.05) is 11.8 Å². The van der Waals surface area contributed by atoms with Crippen LogP contribution in [0.3, 0.4) is 0 Å². The number of hydrogen-bond acceptors (Lipinski definition) is 6. The van der Waals surface area contributed by atoms with E-state index in [0.717, 1.165) is 11.4 Å². The summed E-state index contributed by atoms with van der Waals surface area (Å²) in [6.45, 7) is 7.88. The standard InChI is InChI=1S/C21H23N5O3/c1-5-29-20(28)15-12-25(24-22-15)19-18-17(16(27)11-21(19,3)4)13(2)23-26(18)14-9-7-6-8-10-14/h6-10,12,19H,5,11H2,1-4H3. The summed E-state index contributed by atoms with van der Waals surface area (Å²) in [5.74, 6) is -0.455. The van der Waals surface area contributed by atoms with Crippen LogP contribution in [-0.2, 0) is 4.74 Å². The van der Waals surface area contributed by atoms with E-state index < -0.39 is 11.4 Å². The maximum Gasteiger partial charge on any atom is 0.360 e. The Kier molecular flexibility index (Phi) is 4.56. The lowest BCUT2D eigenvalue weighted by Gasteiger charge is -2.38. The number of fused-ring (bicyclic) bond motifs is 1. The molecule has 150 valence electrons. The van der Waals surface area contributed by atoms with Crippen molar-refractivity contribution in [1.29, 1.82) is 0 Å². The lowest BCUT2D eigenvalue weighted by molar-refractivity contribution is 0.0518. The van der Waals surface area contributed by atoms with Crippen LogP contribution in [0.2, 0.25) is 0 Å². The van der Waals surface area contributed by atoms with Gasteiger partial charge < -0.3 is 4.74 Å². The van der Waals surface area contributed by atoms with Crippen molar-refractivity contribution in [2.45, 2.75) is 40.2 Å². The van der Waals surface area contributed by atoms with E-state index in [9.17, 15) is 9.59 Å². The molecule has 0 N–H and O–H groups in total. The highest BCUT2D eigenvalue weighted by molar-refractivity contribution is 6.00. The van der Waals surface area contributed by atoms with Crippen LogP contribution in [0.5, 0.6) is 0 Å². The molecule has 0 saturated carbocycles. The Balaban J connectivity index is 1.91. The number of esters is 1. The quantitative estimate of drug-likeness (QED) is 0.632. The average Bonchev–Trinajstić information content (AvgIpc) is 3.27. The fraction of sp³-hybridized carbons (Fsp3) is 0.381. The van der Waals surface area contributed by atoms with E-state index in [2.05, 4.69) is 15.4 Å². The van der Waals surface area contributed by atoms with E-state index in [1.165, 1.54) is 0 Å². The van der Waals surface area contributed by atoms with Crippen LogP contribution in [0, 0.1) is 12.3 Å². The number of rotatable bonds is 4. The number of ether oxygens (including phenoxy) is 1. The summed E-state index contributed by atoms with van der Waals surface area (Å²) >= 11 is 0. The Labute approximate surface area is 168 Å². The molecule has 29 heavy (non-hydrogen) atoms. The predicted octanol–water partition coefficient (Wildman–Crippen LogP) is 3.15. The van der Waals surface area contributed by atoms with Gasteiger partial charge in [-0.25, -0.2) is 14.2 Å². The Morgan fingerprint density at radius 1 is 1.28 bits per heavy atom. The molecule has 1 unspecified atom stereocenters. The molecule has 8 nitrogen and oxygen atoms in total. The first-order valence-corrected chi connectivity index (χ1v) is 9.60. The monoisotopic (exact) mass is 393 g/mol. The number of carbonyl (C=O) groups is 2. The molecule has 4 rings (SSSR count). The second-order valence-corrected chi connectivity index (χ2v) is 7.89. The topological polar surface area (TPSA) is 91.9 Å². The number of carbonyl (C=O) groups excluding carboxylic acids is 2. The fourth-order valence-corrected chi connectivity index (χ4v) is 4.06. The molecular weight excluding hydrogens is 370 g/mol. The van der Waals surface area contributed by atoms with E-state index in [1.807, 2.05) is 51.1 Å². The SMILES string of the molecule is CCOC(=O)c1cn(C2c3c(c(C)nn3-c3ccccc3)C(=O)CC2(C)C)nn1. The number of para-hydroxylation sites is 1. The summed E-state index contributed by atoms with van der Waals surface area (Å²) in [4.78, 5) is 25.1. The van der Waals surface area contributed by atoms with Crippen molar-refractivity contribution in [3.63, 3.8) is 0 Å². The minimum atomic E-state index is -0.517. The number of aryl methyl sites for hydroxylation is 1. The maximum atomic E-state index is 13.0. The molecule has 1 aromatic carbocycles. The molecule has 2 aromatic heterocycles. The first kappa shape index (κ1) is 19.0. The number of aromatic nitrogens is 5. The maximum absolute atomic E-state index is 13.0. The molecular formula is C21H23N5O3. The molecule has 0 radical (unpaired) electrons. The highest BCUT2D eigenvalue weighted by Crippen LogP contribution is 2.47. The smallest absolute Gasteiger partial charge is 0.360 e. The Bertz CT molecular complexity index is 1080. The van der Waals surface area contributed by atoms with E-state index in [1.54, 1.807) is 22.5 Å². The molecule has 0 amide bonds. The molecule has 0 fully saturated rings. The van der Waals surface area contributed by atoms with Crippen molar-refractivity contribution < 1.29 is 14.3 Å². The Morgan fingerprint density at radius 3 is 2.69 bits per heavy atom. The Morgan fingerprint density at radius 2 is 2.00 bits per heavy atom. The van der Waals surface area contributed by atoms with E-state index in [-0.39, 0.29) is 24.1 Å². The predicted molar refractivity (Wildman–Crippen MR) is 105 cm³/mol. The van der Waals surface area contributed by atoms with Gasteiger partial charge in [-0.15, -0.1) is 5.10 Å². The summed E-state index contributed by atoms with van der Waals surface area (Å²) in [6.07, 6.45) is 1.93. The summed E-state index contributed by atoms with van der Waals surface area (Å²) in [7, 11) is 0. The highest BCUT2D eigenvalue weighted by atomic mass is 16.5. The van der Waals surface area contributed by atoms with Gasteiger partial charge in [0.25, 0.3) is 0 Å². The third-order valence-electron chi connectivity index (χ3n) is 5.25. The molecule has 2 heterocycles. The van der Waals surface area contributed by atoms with Crippen molar-refractivity contribution in [1.82, 2.24) is 24.8 Å². The van der Waals surface area contributed by atoms with Gasteiger partial charge in [0.2, 0.25) is 0 Å². The van der Waals surface area contributed by atoms with Crippen LogP contribution in [0.15, 0.2) is 36.5 Å². The second kappa shape index (κ2) is 6.95. The van der Waals surface area contributed by atoms with E-state index in [0.29, 0.717) is 17.7 Å². The lowest BCUT2D eigenvalue weighted by Crippen LogP contribution is -2.37. The van der Waals surface area contributed by atoms with Gasteiger partial charge in [-0.1, -0.05) is 37.3 Å². The molecule has 1 aliphatic rings. The molecule has 8 heteroatoms. The highest BCUT2D eigenvalue weighted by Gasteiger charge is 2.46. The van der Waals surface area contributed by atoms with Crippen LogP contribution >= 0.6 is 0 Å². The molecule has 1 atom stereocenters. The van der Waals surface area contributed by atoms with Crippen molar-refractivity contribution in [3.05, 3.63) is 59.2 Å². The van der Waals surface area contributed by atoms with Gasteiger partial charge >= 0.3 is 5.97 Å². The molecule has 3 aromatic rings. The van der Waals surface area contributed by atoms with Crippen LogP contribution in [0.25, 0.3) is 5.69 Å². The largest absolute Gasteiger partial charge is 0.461 e. The zero-order valence-electron chi connectivity index (χ0n) is 16.9. The van der Waals surface area contributed by atoms with Crippen LogP contribution < -0.4 is 0 Å². The summed E-state index contributed by atoms with van der Waals surface area (Å²) in [5, 5.41) is 12.9. The van der Waals surface area contributed by atoms with Crippen LogP contribution in [-0.4, -0.2) is 43.1 Å². The summed E-state index contributed by atoms with van der Waals surface area (Å²) in [6, 6.07) is 9.35. The molecule has 1 aliphatic carbocycles. The lowest BCUT2D eigenvalue weighted by atomic mass is 9.71. The van der Waals surface area contributed by atoms with Gasteiger partial charge in [0.15, 0.2) is 11.5 Å². The van der Waals surface area contributed by atoms with Crippen LogP contribution in [0.1, 0.15) is 65.5 Å². The molecule has 0 aliphatic heterocycles. The minimum Gasteiger partial charge on any atom is -0.461 e. The number of hydrogen-bond donors (Lipinski definition) is 0. The van der Waals surface area contributed by atoms with Gasteiger partial charge in [0.05, 0.1) is 35.4 Å². The van der Waals surface area contributed by atoms with Crippen LogP contribution in [0.4, 0.5) is 0 Å². The fourth-order valence-electron chi connectivity index (χ4n) is 4.06. The van der Waals surface area contributed by atoms with E-state index in [4.69, 9.17) is 4.74 Å². The van der Waals surface area contributed by atoms with Gasteiger partial charge in [-0.05, 0) is 26.0 Å². The van der Waals surface area contributed by atoms with Crippen molar-refractivity contribution in [2.75, 3.05) is 6.61 Å². The van der Waals surface area contributed by atoms with Crippen molar-refractivity contribution in [3.8, 4) is 5.69 Å². The van der Waals surface area contributed by atoms with Gasteiger partial charge in [0.1, 0.15) is 6.04 Å². The normalized spacial score (nSPS) is 17.8.